The molecule has 2 rings (SSSR count). The zero-order valence-corrected chi connectivity index (χ0v) is 11.6. The molecule has 2 heterocycles. The summed E-state index contributed by atoms with van der Waals surface area (Å²) >= 11 is 0. The molecule has 1 aliphatic rings. The summed E-state index contributed by atoms with van der Waals surface area (Å²) in [5, 5.41) is 2.99. The summed E-state index contributed by atoms with van der Waals surface area (Å²) in [7, 11) is 0. The van der Waals surface area contributed by atoms with Crippen LogP contribution in [0.3, 0.4) is 0 Å². The topological polar surface area (TPSA) is 45.6 Å². The van der Waals surface area contributed by atoms with E-state index >= 15 is 0 Å². The highest BCUT2D eigenvalue weighted by Crippen LogP contribution is 2.25. The van der Waals surface area contributed by atoms with Crippen molar-refractivity contribution >= 4 is 5.69 Å². The third-order valence-corrected chi connectivity index (χ3v) is 3.30. The largest absolute Gasteiger partial charge is 0.370 e. The minimum atomic E-state index is 0.472. The first-order chi connectivity index (χ1) is 8.81. The summed E-state index contributed by atoms with van der Waals surface area (Å²) in [5.74, 6) is 0.478. The molecule has 0 aromatic carbocycles. The lowest BCUT2D eigenvalue weighted by atomic mass is 9.96. The first-order valence-corrected chi connectivity index (χ1v) is 6.76. The number of nitrogens with zero attached hydrogens (tertiary/aromatic N) is 3. The molecule has 1 aromatic rings. The van der Waals surface area contributed by atoms with Gasteiger partial charge in [-0.05, 0) is 37.3 Å². The fraction of sp³-hybridized carbons (Fsp3) is 0.643. The molecule has 0 N–H and O–H groups in total. The van der Waals surface area contributed by atoms with Crippen molar-refractivity contribution in [3.05, 3.63) is 28.9 Å². The van der Waals surface area contributed by atoms with E-state index in [1.165, 1.54) is 11.3 Å². The number of rotatable bonds is 3. The van der Waals surface area contributed by atoms with Gasteiger partial charge in [-0.25, -0.2) is 0 Å². The minimum absolute atomic E-state index is 0.472. The quantitative estimate of drug-likeness (QED) is 0.771. The van der Waals surface area contributed by atoms with Gasteiger partial charge in [0.05, 0.1) is 18.4 Å². The zero-order valence-electron chi connectivity index (χ0n) is 11.6. The van der Waals surface area contributed by atoms with Gasteiger partial charge in [0.25, 0.3) is 0 Å². The van der Waals surface area contributed by atoms with Crippen LogP contribution in [0, 0.1) is 17.7 Å². The number of aryl methyl sites for hydroxylation is 1. The molecule has 1 saturated heterocycles. The van der Waals surface area contributed by atoms with Crippen LogP contribution in [-0.2, 0) is 0 Å². The maximum atomic E-state index is 10.2. The molecule has 18 heavy (non-hydrogen) atoms. The maximum absolute atomic E-state index is 10.2. The molecule has 0 saturated carbocycles. The molecule has 0 aliphatic carbocycles. The number of aromatic nitrogens is 1. The van der Waals surface area contributed by atoms with Crippen molar-refractivity contribution in [3.63, 3.8) is 0 Å². The van der Waals surface area contributed by atoms with Crippen LogP contribution >= 0.6 is 0 Å². The van der Waals surface area contributed by atoms with E-state index in [1.807, 2.05) is 32.3 Å². The second-order valence-electron chi connectivity index (χ2n) is 4.40. The number of anilines is 1. The van der Waals surface area contributed by atoms with E-state index in [2.05, 4.69) is 22.0 Å². The Balaban J connectivity index is 0.000000771. The molecule has 1 aromatic heterocycles. The van der Waals surface area contributed by atoms with E-state index in [0.29, 0.717) is 12.5 Å². The highest BCUT2D eigenvalue weighted by atomic mass is 16.3. The predicted molar refractivity (Wildman–Crippen MR) is 75.9 cm³/mol. The van der Waals surface area contributed by atoms with Crippen LogP contribution in [-0.4, -0.2) is 24.6 Å². The second-order valence-corrected chi connectivity index (χ2v) is 4.40. The summed E-state index contributed by atoms with van der Waals surface area (Å²) < 4.78 is 0. The third-order valence-electron chi connectivity index (χ3n) is 3.30. The monoisotopic (exact) mass is 249 g/mol. The Kier molecular flexibility index (Phi) is 6.33. The lowest BCUT2D eigenvalue weighted by Crippen LogP contribution is -2.34. The summed E-state index contributed by atoms with van der Waals surface area (Å²) in [6, 6.07) is 2.04. The molecule has 0 radical (unpaired) electrons. The maximum Gasteiger partial charge on any atom is 0.0840 e. The van der Waals surface area contributed by atoms with Crippen molar-refractivity contribution in [2.24, 2.45) is 11.1 Å². The van der Waals surface area contributed by atoms with Crippen LogP contribution in [0.15, 0.2) is 23.6 Å². The molecule has 0 bridgehead atoms. The molecule has 100 valence electrons. The van der Waals surface area contributed by atoms with Crippen molar-refractivity contribution in [3.8, 4) is 0 Å². The summed E-state index contributed by atoms with van der Waals surface area (Å²) in [6.45, 7) is 8.59. The van der Waals surface area contributed by atoms with Crippen LogP contribution in [0.2, 0.25) is 0 Å². The van der Waals surface area contributed by atoms with Crippen molar-refractivity contribution in [1.29, 1.82) is 0 Å². The van der Waals surface area contributed by atoms with Gasteiger partial charge >= 0.3 is 0 Å². The van der Waals surface area contributed by atoms with E-state index in [0.717, 1.165) is 25.9 Å². The van der Waals surface area contributed by atoms with Gasteiger partial charge in [0, 0.05) is 19.3 Å². The van der Waals surface area contributed by atoms with Gasteiger partial charge in [-0.15, -0.1) is 0 Å². The molecule has 1 aliphatic heterocycles. The lowest BCUT2D eigenvalue weighted by Gasteiger charge is -2.33. The number of hydrogen-bond acceptors (Lipinski definition) is 4. The van der Waals surface area contributed by atoms with E-state index < -0.39 is 0 Å². The van der Waals surface area contributed by atoms with Gasteiger partial charge in [-0.2, -0.15) is 4.91 Å². The van der Waals surface area contributed by atoms with E-state index in [9.17, 15) is 4.91 Å². The third kappa shape index (κ3) is 3.79. The van der Waals surface area contributed by atoms with E-state index in [4.69, 9.17) is 0 Å². The Bertz CT molecular complexity index is 360. The number of nitroso groups, excluding NO2 is 1. The highest BCUT2D eigenvalue weighted by Gasteiger charge is 2.20. The summed E-state index contributed by atoms with van der Waals surface area (Å²) in [5.41, 5.74) is 2.49. The Morgan fingerprint density at radius 3 is 2.61 bits per heavy atom. The van der Waals surface area contributed by atoms with Gasteiger partial charge in [0.15, 0.2) is 0 Å². The Hall–Kier alpha value is -1.45. The van der Waals surface area contributed by atoms with Gasteiger partial charge in [-0.3, -0.25) is 4.98 Å². The summed E-state index contributed by atoms with van der Waals surface area (Å²) in [6.07, 6.45) is 5.86. The molecular formula is C14H23N3O. The average Bonchev–Trinajstić information content (AvgIpc) is 2.43. The highest BCUT2D eigenvalue weighted by molar-refractivity contribution is 5.51. The smallest absolute Gasteiger partial charge is 0.0840 e. The molecule has 0 spiro atoms. The molecular weight excluding hydrogens is 226 g/mol. The molecule has 0 amide bonds. The van der Waals surface area contributed by atoms with Crippen molar-refractivity contribution in [1.82, 2.24) is 4.98 Å². The Morgan fingerprint density at radius 1 is 1.39 bits per heavy atom. The second kappa shape index (κ2) is 7.80. The van der Waals surface area contributed by atoms with Crippen LogP contribution in [0.25, 0.3) is 0 Å². The van der Waals surface area contributed by atoms with Gasteiger partial charge in [-0.1, -0.05) is 19.0 Å². The van der Waals surface area contributed by atoms with Crippen LogP contribution in [0.1, 0.15) is 32.3 Å². The van der Waals surface area contributed by atoms with E-state index in [1.54, 1.807) is 0 Å². The van der Waals surface area contributed by atoms with Gasteiger partial charge in [0.1, 0.15) is 0 Å². The summed E-state index contributed by atoms with van der Waals surface area (Å²) in [4.78, 5) is 16.7. The van der Waals surface area contributed by atoms with Gasteiger partial charge in [0.2, 0.25) is 0 Å². The van der Waals surface area contributed by atoms with Crippen molar-refractivity contribution in [2.45, 2.75) is 33.6 Å². The first kappa shape index (κ1) is 14.6. The molecule has 0 unspecified atom stereocenters. The van der Waals surface area contributed by atoms with Crippen LogP contribution in [0.5, 0.6) is 0 Å². The van der Waals surface area contributed by atoms with Crippen LogP contribution in [0.4, 0.5) is 5.69 Å². The number of pyridine rings is 1. The normalized spacial score (nSPS) is 15.8. The first-order valence-electron chi connectivity index (χ1n) is 6.76. The van der Waals surface area contributed by atoms with Crippen molar-refractivity contribution in [2.75, 3.05) is 24.5 Å². The minimum Gasteiger partial charge on any atom is -0.370 e. The number of piperidine rings is 1. The standard InChI is InChI=1S/C12H17N3O.C2H6/c1-10-2-5-13-9-12(10)15-6-3-11(4-7-15)8-14-16;1-2/h2,5,9,11H,3-4,6-8H2,1H3;1-2H3. The van der Waals surface area contributed by atoms with Crippen LogP contribution < -0.4 is 4.90 Å². The molecule has 1 fully saturated rings. The Morgan fingerprint density at radius 2 is 2.06 bits per heavy atom. The predicted octanol–water partition coefficient (Wildman–Crippen LogP) is 3.40. The van der Waals surface area contributed by atoms with E-state index in [-0.39, 0.29) is 0 Å². The van der Waals surface area contributed by atoms with Crippen molar-refractivity contribution < 1.29 is 0 Å². The fourth-order valence-electron chi connectivity index (χ4n) is 2.25. The SMILES string of the molecule is CC.Cc1ccncc1N1CCC(CN=O)CC1. The van der Waals surface area contributed by atoms with Gasteiger partial charge < -0.3 is 4.90 Å². The fourth-order valence-corrected chi connectivity index (χ4v) is 2.25. The zero-order chi connectivity index (χ0) is 13.4. The molecule has 0 atom stereocenters. The molecule has 4 heteroatoms. The lowest BCUT2D eigenvalue weighted by molar-refractivity contribution is 0.414. The molecule has 4 nitrogen and oxygen atoms in total. The Labute approximate surface area is 109 Å². The number of hydrogen-bond donors (Lipinski definition) is 0. The average molecular weight is 249 g/mol.